The Balaban J connectivity index is 1.53. The average molecular weight is 433 g/mol. The molecule has 7 nitrogen and oxygen atoms in total. The third kappa shape index (κ3) is 4.34. The first-order valence-corrected chi connectivity index (χ1v) is 10.9. The van der Waals surface area contributed by atoms with Crippen molar-refractivity contribution in [3.8, 4) is 5.75 Å². The van der Waals surface area contributed by atoms with Crippen LogP contribution in [0.15, 0.2) is 90.0 Å². The molecule has 0 saturated carbocycles. The van der Waals surface area contributed by atoms with E-state index < -0.39 is 10.0 Å². The van der Waals surface area contributed by atoms with E-state index in [1.807, 2.05) is 6.07 Å². The fraction of sp³-hybridized carbons (Fsp3) is 0.0435. The second-order valence-electron chi connectivity index (χ2n) is 6.66. The summed E-state index contributed by atoms with van der Waals surface area (Å²) in [4.78, 5) is 17.2. The van der Waals surface area contributed by atoms with Gasteiger partial charge in [-0.15, -0.1) is 0 Å². The average Bonchev–Trinajstić information content (AvgIpc) is 2.80. The number of aromatic nitrogens is 1. The standard InChI is InChI=1S/C23H19N3O4S/c1-30-21-14-13-20(19-8-5-15-24-22(19)21)25-23(27)16-9-11-17(12-10-16)26-31(28,29)18-6-3-2-4-7-18/h2-15,26H,1H3,(H,25,27). The van der Waals surface area contributed by atoms with Gasteiger partial charge in [-0.25, -0.2) is 8.42 Å². The highest BCUT2D eigenvalue weighted by Crippen LogP contribution is 2.30. The topological polar surface area (TPSA) is 97.4 Å². The van der Waals surface area contributed by atoms with Crippen LogP contribution in [-0.4, -0.2) is 26.4 Å². The minimum absolute atomic E-state index is 0.164. The Morgan fingerprint density at radius 2 is 1.65 bits per heavy atom. The maximum absolute atomic E-state index is 12.7. The summed E-state index contributed by atoms with van der Waals surface area (Å²) in [6.45, 7) is 0. The molecule has 31 heavy (non-hydrogen) atoms. The molecule has 2 N–H and O–H groups in total. The monoisotopic (exact) mass is 433 g/mol. The predicted octanol–water partition coefficient (Wildman–Crippen LogP) is 4.30. The molecule has 0 unspecified atom stereocenters. The van der Waals surface area contributed by atoms with Crippen molar-refractivity contribution in [2.24, 2.45) is 0 Å². The zero-order valence-corrected chi connectivity index (χ0v) is 17.4. The lowest BCUT2D eigenvalue weighted by atomic mass is 10.1. The molecule has 3 aromatic carbocycles. The molecule has 0 fully saturated rings. The Hall–Kier alpha value is -3.91. The van der Waals surface area contributed by atoms with Crippen LogP contribution in [0.1, 0.15) is 10.4 Å². The highest BCUT2D eigenvalue weighted by Gasteiger charge is 2.15. The first kappa shape index (κ1) is 20.4. The number of ether oxygens (including phenoxy) is 1. The van der Waals surface area contributed by atoms with Gasteiger partial charge in [0.25, 0.3) is 15.9 Å². The zero-order chi connectivity index (χ0) is 21.8. The molecular weight excluding hydrogens is 414 g/mol. The number of amides is 1. The second-order valence-corrected chi connectivity index (χ2v) is 8.35. The highest BCUT2D eigenvalue weighted by atomic mass is 32.2. The van der Waals surface area contributed by atoms with E-state index in [9.17, 15) is 13.2 Å². The van der Waals surface area contributed by atoms with Crippen molar-refractivity contribution in [1.82, 2.24) is 4.98 Å². The van der Waals surface area contributed by atoms with Gasteiger partial charge in [0.2, 0.25) is 0 Å². The lowest BCUT2D eigenvalue weighted by molar-refractivity contribution is 0.102. The van der Waals surface area contributed by atoms with E-state index in [1.54, 1.807) is 74.0 Å². The van der Waals surface area contributed by atoms with Crippen LogP contribution in [0, 0.1) is 0 Å². The Labute approximate surface area is 179 Å². The zero-order valence-electron chi connectivity index (χ0n) is 16.6. The van der Waals surface area contributed by atoms with Crippen molar-refractivity contribution in [3.05, 3.63) is 90.6 Å². The number of pyridine rings is 1. The molecule has 0 spiro atoms. The number of fused-ring (bicyclic) bond motifs is 1. The summed E-state index contributed by atoms with van der Waals surface area (Å²) in [7, 11) is -2.13. The van der Waals surface area contributed by atoms with Gasteiger partial charge in [-0.2, -0.15) is 0 Å². The predicted molar refractivity (Wildman–Crippen MR) is 120 cm³/mol. The van der Waals surface area contributed by atoms with Crippen molar-refractivity contribution in [3.63, 3.8) is 0 Å². The van der Waals surface area contributed by atoms with Gasteiger partial charge in [0.15, 0.2) is 0 Å². The van der Waals surface area contributed by atoms with Crippen LogP contribution in [0.4, 0.5) is 11.4 Å². The number of rotatable bonds is 6. The molecule has 1 aromatic heterocycles. The Kier molecular flexibility index (Phi) is 5.55. The van der Waals surface area contributed by atoms with Gasteiger partial charge in [-0.3, -0.25) is 14.5 Å². The first-order chi connectivity index (χ1) is 15.0. The van der Waals surface area contributed by atoms with Crippen LogP contribution in [0.3, 0.4) is 0 Å². The molecule has 0 aliphatic carbocycles. The van der Waals surface area contributed by atoms with E-state index in [-0.39, 0.29) is 10.8 Å². The van der Waals surface area contributed by atoms with E-state index in [0.29, 0.717) is 28.2 Å². The fourth-order valence-electron chi connectivity index (χ4n) is 3.12. The maximum Gasteiger partial charge on any atom is 0.261 e. The summed E-state index contributed by atoms with van der Waals surface area (Å²) in [5, 5.41) is 3.63. The van der Waals surface area contributed by atoms with Crippen LogP contribution >= 0.6 is 0 Å². The molecule has 1 heterocycles. The quantitative estimate of drug-likeness (QED) is 0.473. The maximum atomic E-state index is 12.7. The number of carbonyl (C=O) groups is 1. The van der Waals surface area contributed by atoms with E-state index in [4.69, 9.17) is 4.74 Å². The van der Waals surface area contributed by atoms with Crippen molar-refractivity contribution in [2.45, 2.75) is 4.90 Å². The van der Waals surface area contributed by atoms with Gasteiger partial charge in [0.05, 0.1) is 17.7 Å². The minimum atomic E-state index is -3.70. The van der Waals surface area contributed by atoms with E-state index in [0.717, 1.165) is 5.39 Å². The Morgan fingerprint density at radius 3 is 2.35 bits per heavy atom. The lowest BCUT2D eigenvalue weighted by Gasteiger charge is -2.12. The van der Waals surface area contributed by atoms with E-state index in [2.05, 4.69) is 15.0 Å². The molecular formula is C23H19N3O4S. The van der Waals surface area contributed by atoms with Gasteiger partial charge >= 0.3 is 0 Å². The number of methoxy groups -OCH3 is 1. The van der Waals surface area contributed by atoms with Gasteiger partial charge in [0, 0.05) is 22.8 Å². The van der Waals surface area contributed by atoms with Crippen LogP contribution < -0.4 is 14.8 Å². The summed E-state index contributed by atoms with van der Waals surface area (Å²) in [5.41, 5.74) is 1.99. The van der Waals surface area contributed by atoms with Crippen LogP contribution in [0.5, 0.6) is 5.75 Å². The largest absolute Gasteiger partial charge is 0.494 e. The van der Waals surface area contributed by atoms with Crippen molar-refractivity contribution < 1.29 is 17.9 Å². The number of hydrogen-bond acceptors (Lipinski definition) is 5. The molecule has 4 rings (SSSR count). The van der Waals surface area contributed by atoms with Gasteiger partial charge in [-0.05, 0) is 60.7 Å². The van der Waals surface area contributed by atoms with E-state index in [1.165, 1.54) is 12.1 Å². The van der Waals surface area contributed by atoms with E-state index >= 15 is 0 Å². The number of anilines is 2. The summed E-state index contributed by atoms with van der Waals surface area (Å²) >= 11 is 0. The molecule has 0 saturated heterocycles. The molecule has 0 aliphatic heterocycles. The lowest BCUT2D eigenvalue weighted by Crippen LogP contribution is -2.14. The third-order valence-electron chi connectivity index (χ3n) is 4.65. The van der Waals surface area contributed by atoms with Crippen LogP contribution in [-0.2, 0) is 10.0 Å². The molecule has 156 valence electrons. The summed E-state index contributed by atoms with van der Waals surface area (Å²) in [5.74, 6) is 0.288. The number of nitrogens with one attached hydrogen (secondary N) is 2. The Morgan fingerprint density at radius 1 is 0.903 bits per heavy atom. The molecule has 0 atom stereocenters. The smallest absolute Gasteiger partial charge is 0.261 e. The van der Waals surface area contributed by atoms with Crippen molar-refractivity contribution in [1.29, 1.82) is 0 Å². The van der Waals surface area contributed by atoms with Crippen molar-refractivity contribution in [2.75, 3.05) is 17.1 Å². The second kappa shape index (κ2) is 8.45. The molecule has 0 aliphatic rings. The fourth-order valence-corrected chi connectivity index (χ4v) is 4.20. The number of sulfonamides is 1. The van der Waals surface area contributed by atoms with Gasteiger partial charge < -0.3 is 10.1 Å². The summed E-state index contributed by atoms with van der Waals surface area (Å²) in [6.07, 6.45) is 1.66. The third-order valence-corrected chi connectivity index (χ3v) is 6.05. The number of hydrogen-bond donors (Lipinski definition) is 2. The van der Waals surface area contributed by atoms with Crippen molar-refractivity contribution >= 4 is 38.2 Å². The minimum Gasteiger partial charge on any atom is -0.494 e. The normalized spacial score (nSPS) is 11.1. The van der Waals surface area contributed by atoms with Gasteiger partial charge in [0.1, 0.15) is 11.3 Å². The molecule has 8 heteroatoms. The number of carbonyl (C=O) groups excluding carboxylic acids is 1. The summed E-state index contributed by atoms with van der Waals surface area (Å²) < 4.78 is 32.7. The highest BCUT2D eigenvalue weighted by molar-refractivity contribution is 7.92. The summed E-state index contributed by atoms with van der Waals surface area (Å²) in [6, 6.07) is 21.4. The SMILES string of the molecule is COc1ccc(NC(=O)c2ccc(NS(=O)(=O)c3ccccc3)cc2)c2cccnc12. The van der Waals surface area contributed by atoms with Crippen LogP contribution in [0.2, 0.25) is 0 Å². The molecule has 1 amide bonds. The number of nitrogens with zero attached hydrogens (tertiary/aromatic N) is 1. The molecule has 4 aromatic rings. The first-order valence-electron chi connectivity index (χ1n) is 9.39. The Bertz CT molecular complexity index is 1340. The number of benzene rings is 3. The van der Waals surface area contributed by atoms with Gasteiger partial charge in [-0.1, -0.05) is 18.2 Å². The molecule has 0 bridgehead atoms. The van der Waals surface area contributed by atoms with Crippen LogP contribution in [0.25, 0.3) is 10.9 Å². The molecule has 0 radical (unpaired) electrons.